The fourth-order valence-electron chi connectivity index (χ4n) is 1.98. The molecule has 90 valence electrons. The topological polar surface area (TPSA) is 52.9 Å². The lowest BCUT2D eigenvalue weighted by molar-refractivity contribution is -0.127. The summed E-state index contributed by atoms with van der Waals surface area (Å²) in [6, 6.07) is 2.10. The predicted octanol–water partition coefficient (Wildman–Crippen LogP) is 2.62. The molecule has 1 atom stereocenters. The molecule has 1 rings (SSSR count). The Hall–Kier alpha value is -1.04. The van der Waals surface area contributed by atoms with Crippen LogP contribution in [0.3, 0.4) is 0 Å². The van der Waals surface area contributed by atoms with E-state index in [1.807, 2.05) is 6.92 Å². The minimum Gasteiger partial charge on any atom is -0.354 e. The molecule has 3 heteroatoms. The van der Waals surface area contributed by atoms with Gasteiger partial charge in [-0.05, 0) is 38.0 Å². The Bertz CT molecular complexity index is 302. The van der Waals surface area contributed by atoms with E-state index in [0.717, 1.165) is 6.54 Å². The summed E-state index contributed by atoms with van der Waals surface area (Å²) < 4.78 is 0. The smallest absolute Gasteiger partial charge is 0.240 e. The van der Waals surface area contributed by atoms with Gasteiger partial charge in [-0.3, -0.25) is 4.79 Å². The van der Waals surface area contributed by atoms with Crippen molar-refractivity contribution in [3.63, 3.8) is 0 Å². The molecule has 0 bridgehead atoms. The van der Waals surface area contributed by atoms with Crippen molar-refractivity contribution >= 4 is 5.91 Å². The van der Waals surface area contributed by atoms with Crippen LogP contribution in [0.5, 0.6) is 0 Å². The Kier molecular flexibility index (Phi) is 3.96. The van der Waals surface area contributed by atoms with Gasteiger partial charge < -0.3 is 5.32 Å². The van der Waals surface area contributed by atoms with Crippen LogP contribution in [0.25, 0.3) is 0 Å². The van der Waals surface area contributed by atoms with Gasteiger partial charge in [-0.15, -0.1) is 0 Å². The maximum atomic E-state index is 11.9. The van der Waals surface area contributed by atoms with Crippen LogP contribution >= 0.6 is 0 Å². The van der Waals surface area contributed by atoms with Crippen molar-refractivity contribution in [3.05, 3.63) is 0 Å². The minimum atomic E-state index is -0.859. The molecule has 3 nitrogen and oxygen atoms in total. The number of hydrogen-bond donors (Lipinski definition) is 1. The van der Waals surface area contributed by atoms with E-state index in [9.17, 15) is 4.79 Å². The molecule has 0 spiro atoms. The zero-order chi connectivity index (χ0) is 12.2. The lowest BCUT2D eigenvalue weighted by Crippen LogP contribution is -2.40. The van der Waals surface area contributed by atoms with Gasteiger partial charge in [-0.25, -0.2) is 0 Å². The molecular weight excluding hydrogens is 200 g/mol. The van der Waals surface area contributed by atoms with Crippen molar-refractivity contribution in [3.8, 4) is 6.07 Å². The van der Waals surface area contributed by atoms with E-state index in [-0.39, 0.29) is 5.91 Å². The van der Waals surface area contributed by atoms with Crippen molar-refractivity contribution in [2.45, 2.75) is 52.9 Å². The van der Waals surface area contributed by atoms with Crippen molar-refractivity contribution in [2.24, 2.45) is 10.8 Å². The van der Waals surface area contributed by atoms with Gasteiger partial charge in [0.15, 0.2) is 0 Å². The Morgan fingerprint density at radius 1 is 1.50 bits per heavy atom. The van der Waals surface area contributed by atoms with Crippen LogP contribution in [0.15, 0.2) is 0 Å². The molecule has 1 aliphatic rings. The lowest BCUT2D eigenvalue weighted by Gasteiger charge is -2.21. The largest absolute Gasteiger partial charge is 0.354 e. The van der Waals surface area contributed by atoms with Crippen LogP contribution in [0, 0.1) is 22.2 Å². The van der Waals surface area contributed by atoms with Crippen LogP contribution in [-0.4, -0.2) is 12.5 Å². The fraction of sp³-hybridized carbons (Fsp3) is 0.846. The predicted molar refractivity (Wildman–Crippen MR) is 63.6 cm³/mol. The maximum Gasteiger partial charge on any atom is 0.240 e. The Morgan fingerprint density at radius 3 is 2.50 bits per heavy atom. The van der Waals surface area contributed by atoms with Gasteiger partial charge in [-0.1, -0.05) is 20.3 Å². The van der Waals surface area contributed by atoms with Gasteiger partial charge in [0.25, 0.3) is 0 Å². The first-order valence-corrected chi connectivity index (χ1v) is 6.21. The van der Waals surface area contributed by atoms with Crippen molar-refractivity contribution in [1.29, 1.82) is 5.26 Å². The summed E-state index contributed by atoms with van der Waals surface area (Å²) in [6.45, 7) is 6.51. The number of nitrogens with zero attached hydrogens (tertiary/aromatic N) is 1. The molecule has 0 aromatic heterocycles. The van der Waals surface area contributed by atoms with Crippen LogP contribution in [0.4, 0.5) is 0 Å². The highest BCUT2D eigenvalue weighted by molar-refractivity contribution is 5.84. The SMILES string of the molecule is CCCC1(CNC(=O)C(C)(C#N)CC)CC1. The molecule has 0 heterocycles. The van der Waals surface area contributed by atoms with Crippen LogP contribution in [0.1, 0.15) is 52.9 Å². The second-order valence-electron chi connectivity index (χ2n) is 5.23. The number of rotatable bonds is 6. The van der Waals surface area contributed by atoms with Gasteiger partial charge >= 0.3 is 0 Å². The highest BCUT2D eigenvalue weighted by atomic mass is 16.2. The number of amides is 1. The van der Waals surface area contributed by atoms with Crippen LogP contribution in [0.2, 0.25) is 0 Å². The summed E-state index contributed by atoms with van der Waals surface area (Å²) in [6.07, 6.45) is 5.35. The molecule has 0 aromatic rings. The summed E-state index contributed by atoms with van der Waals surface area (Å²) in [5, 5.41) is 11.9. The fourth-order valence-corrected chi connectivity index (χ4v) is 1.98. The number of carbonyl (C=O) groups is 1. The van der Waals surface area contributed by atoms with E-state index in [1.165, 1.54) is 25.7 Å². The van der Waals surface area contributed by atoms with Gasteiger partial charge in [0, 0.05) is 6.54 Å². The Morgan fingerprint density at radius 2 is 2.12 bits per heavy atom. The first kappa shape index (κ1) is 13.0. The van der Waals surface area contributed by atoms with Gasteiger partial charge in [0.2, 0.25) is 5.91 Å². The van der Waals surface area contributed by atoms with Gasteiger partial charge in [-0.2, -0.15) is 5.26 Å². The van der Waals surface area contributed by atoms with E-state index in [1.54, 1.807) is 6.92 Å². The average Bonchev–Trinajstić information content (AvgIpc) is 3.06. The second-order valence-corrected chi connectivity index (χ2v) is 5.23. The molecule has 0 radical (unpaired) electrons. The highest BCUT2D eigenvalue weighted by Gasteiger charge is 2.42. The average molecular weight is 222 g/mol. The van der Waals surface area contributed by atoms with E-state index in [4.69, 9.17) is 5.26 Å². The summed E-state index contributed by atoms with van der Waals surface area (Å²) in [5.41, 5.74) is -0.503. The molecule has 1 saturated carbocycles. The van der Waals surface area contributed by atoms with Crippen LogP contribution in [-0.2, 0) is 4.79 Å². The third-order valence-corrected chi connectivity index (χ3v) is 3.82. The van der Waals surface area contributed by atoms with Gasteiger partial charge in [0.1, 0.15) is 5.41 Å². The molecule has 1 amide bonds. The third-order valence-electron chi connectivity index (χ3n) is 3.82. The zero-order valence-electron chi connectivity index (χ0n) is 10.6. The Labute approximate surface area is 98.2 Å². The normalized spacial score (nSPS) is 20.6. The summed E-state index contributed by atoms with van der Waals surface area (Å²) >= 11 is 0. The first-order valence-electron chi connectivity index (χ1n) is 6.21. The first-order chi connectivity index (χ1) is 7.52. The van der Waals surface area contributed by atoms with Crippen LogP contribution < -0.4 is 5.32 Å². The van der Waals surface area contributed by atoms with E-state index < -0.39 is 5.41 Å². The van der Waals surface area contributed by atoms with Gasteiger partial charge in [0.05, 0.1) is 6.07 Å². The Balaban J connectivity index is 2.44. The molecule has 1 aliphatic carbocycles. The second kappa shape index (κ2) is 4.86. The number of nitrogens with one attached hydrogen (secondary N) is 1. The molecular formula is C13H22N2O. The molecule has 0 aromatic carbocycles. The molecule has 1 fully saturated rings. The highest BCUT2D eigenvalue weighted by Crippen LogP contribution is 2.49. The van der Waals surface area contributed by atoms with Crippen molar-refractivity contribution in [1.82, 2.24) is 5.32 Å². The molecule has 0 aliphatic heterocycles. The van der Waals surface area contributed by atoms with E-state index in [0.29, 0.717) is 11.8 Å². The lowest BCUT2D eigenvalue weighted by atomic mass is 9.88. The van der Waals surface area contributed by atoms with Crippen molar-refractivity contribution < 1.29 is 4.79 Å². The third kappa shape index (κ3) is 2.75. The molecule has 0 saturated heterocycles. The zero-order valence-corrected chi connectivity index (χ0v) is 10.6. The standard InChI is InChI=1S/C13H22N2O/c1-4-6-13(7-8-13)10-15-11(16)12(3,5-2)9-14/h4-8,10H2,1-3H3,(H,15,16). The number of nitriles is 1. The minimum absolute atomic E-state index is 0.111. The molecule has 1 unspecified atom stereocenters. The van der Waals surface area contributed by atoms with E-state index in [2.05, 4.69) is 18.3 Å². The van der Waals surface area contributed by atoms with E-state index >= 15 is 0 Å². The number of hydrogen-bond acceptors (Lipinski definition) is 2. The summed E-state index contributed by atoms with van der Waals surface area (Å²) in [7, 11) is 0. The molecule has 16 heavy (non-hydrogen) atoms. The molecule has 1 N–H and O–H groups in total. The quantitative estimate of drug-likeness (QED) is 0.751. The monoisotopic (exact) mass is 222 g/mol. The number of carbonyl (C=O) groups excluding carboxylic acids is 1. The maximum absolute atomic E-state index is 11.9. The van der Waals surface area contributed by atoms with Crippen molar-refractivity contribution in [2.75, 3.05) is 6.54 Å². The summed E-state index contributed by atoms with van der Waals surface area (Å²) in [5.74, 6) is -0.111. The summed E-state index contributed by atoms with van der Waals surface area (Å²) in [4.78, 5) is 11.9.